The van der Waals surface area contributed by atoms with Crippen molar-refractivity contribution in [3.8, 4) is 39.2 Å². The summed E-state index contributed by atoms with van der Waals surface area (Å²) < 4.78 is 0. The van der Waals surface area contributed by atoms with Crippen molar-refractivity contribution in [1.29, 1.82) is 0 Å². The van der Waals surface area contributed by atoms with Crippen molar-refractivity contribution in [2.24, 2.45) is 45.7 Å². The van der Waals surface area contributed by atoms with E-state index < -0.39 is 35.7 Å². The molecule has 9 rings (SSSR count). The molecule has 0 radical (unpaired) electrons. The third-order valence-corrected chi connectivity index (χ3v) is 17.3. The van der Waals surface area contributed by atoms with Crippen molar-refractivity contribution in [1.82, 2.24) is 5.32 Å². The van der Waals surface area contributed by atoms with Crippen LogP contribution in [0.1, 0.15) is 94.2 Å². The number of aliphatic imine (C=N–C) groups is 1. The van der Waals surface area contributed by atoms with Crippen molar-refractivity contribution in [2.75, 3.05) is 25.6 Å². The first-order valence-corrected chi connectivity index (χ1v) is 23.7. The molecule has 11 unspecified atom stereocenters. The van der Waals surface area contributed by atoms with Gasteiger partial charge in [-0.2, -0.15) is 0 Å². The number of nitrogens with zero attached hydrogens (tertiary/aromatic N) is 1. The number of fused-ring (bicyclic) bond motifs is 7. The van der Waals surface area contributed by atoms with E-state index in [4.69, 9.17) is 5.73 Å². The number of anilines is 1. The van der Waals surface area contributed by atoms with E-state index in [2.05, 4.69) is 45.4 Å². The minimum absolute atomic E-state index is 0.0189. The van der Waals surface area contributed by atoms with Gasteiger partial charge in [0.1, 0.15) is 5.75 Å². The lowest BCUT2D eigenvalue weighted by Gasteiger charge is -2.47. The average Bonchev–Trinajstić information content (AvgIpc) is 4.05. The predicted octanol–water partition coefficient (Wildman–Crippen LogP) is 6.54. The summed E-state index contributed by atoms with van der Waals surface area (Å²) in [6, 6.07) is 17.0. The van der Waals surface area contributed by atoms with Gasteiger partial charge in [0.15, 0.2) is 11.7 Å². The molecule has 11 atom stereocenters. The maximum absolute atomic E-state index is 15.2. The Kier molecular flexibility index (Phi) is 11.9. The lowest BCUT2D eigenvalue weighted by atomic mass is 9.58. The van der Waals surface area contributed by atoms with Gasteiger partial charge < -0.3 is 41.9 Å². The molecular formula is C51H56N4O6S2. The van der Waals surface area contributed by atoms with Crippen LogP contribution < -0.4 is 16.4 Å². The summed E-state index contributed by atoms with van der Waals surface area (Å²) in [5.74, 6) is 12.1. The number of hydrogen-bond donors (Lipinski definition) is 8. The number of aromatic hydroxyl groups is 1. The molecule has 10 nitrogen and oxygen atoms in total. The van der Waals surface area contributed by atoms with Crippen molar-refractivity contribution >= 4 is 46.2 Å². The van der Waals surface area contributed by atoms with Crippen LogP contribution in [0.15, 0.2) is 65.7 Å². The Morgan fingerprint density at radius 3 is 2.67 bits per heavy atom. The highest BCUT2D eigenvalue weighted by atomic mass is 32.1. The van der Waals surface area contributed by atoms with E-state index in [-0.39, 0.29) is 59.7 Å². The van der Waals surface area contributed by atoms with Gasteiger partial charge in [-0.05, 0) is 129 Å². The molecule has 2 saturated carbocycles. The summed E-state index contributed by atoms with van der Waals surface area (Å²) in [6.07, 6.45) is 6.79. The predicted molar refractivity (Wildman–Crippen MR) is 251 cm³/mol. The van der Waals surface area contributed by atoms with Gasteiger partial charge >= 0.3 is 0 Å². The summed E-state index contributed by atoms with van der Waals surface area (Å²) in [7, 11) is 1.65. The topological polar surface area (TPSA) is 181 Å². The number of phenols is 1. The highest BCUT2D eigenvalue weighted by molar-refractivity contribution is 7.23. The Hall–Kier alpha value is -4.92. The number of aliphatic hydroxyl groups is 4. The molecule has 4 heterocycles. The fourth-order valence-corrected chi connectivity index (χ4v) is 13.9. The van der Waals surface area contributed by atoms with Crippen molar-refractivity contribution < 1.29 is 30.3 Å². The van der Waals surface area contributed by atoms with Crippen molar-refractivity contribution in [2.45, 2.75) is 88.5 Å². The Labute approximate surface area is 377 Å². The quantitative estimate of drug-likeness (QED) is 0.0443. The second-order valence-electron chi connectivity index (χ2n) is 18.6. The van der Waals surface area contributed by atoms with Crippen molar-refractivity contribution in [3.63, 3.8) is 0 Å². The minimum atomic E-state index is -1.46. The maximum Gasteiger partial charge on any atom is 0.188 e. The molecule has 2 aliphatic heterocycles. The third kappa shape index (κ3) is 7.90. The monoisotopic (exact) mass is 884 g/mol. The molecule has 12 heteroatoms. The lowest BCUT2D eigenvalue weighted by Crippen LogP contribution is -2.50. The molecule has 4 aromatic rings. The molecule has 9 N–H and O–H groups in total. The van der Waals surface area contributed by atoms with Crippen LogP contribution in [0.2, 0.25) is 0 Å². The molecule has 2 fully saturated rings. The first kappa shape index (κ1) is 43.3. The van der Waals surface area contributed by atoms with E-state index in [1.54, 1.807) is 31.4 Å². The number of nitrogens with one attached hydrogen (secondary N) is 2. The smallest absolute Gasteiger partial charge is 0.188 e. The van der Waals surface area contributed by atoms with Gasteiger partial charge in [-0.25, -0.2) is 0 Å². The minimum Gasteiger partial charge on any atom is -0.507 e. The van der Waals surface area contributed by atoms with Gasteiger partial charge in [0.05, 0.1) is 52.0 Å². The first-order chi connectivity index (χ1) is 30.4. The van der Waals surface area contributed by atoms with Gasteiger partial charge in [0.2, 0.25) is 0 Å². The number of hydrogen-bond acceptors (Lipinski definition) is 10. The molecule has 1 spiro atoms. The zero-order valence-electron chi connectivity index (χ0n) is 35.9. The van der Waals surface area contributed by atoms with Crippen LogP contribution in [0.5, 0.6) is 5.75 Å². The number of carbonyl (C=O) groups excluding carboxylic acids is 1. The maximum atomic E-state index is 15.2. The van der Waals surface area contributed by atoms with E-state index in [0.717, 1.165) is 37.7 Å². The molecule has 328 valence electrons. The molecular weight excluding hydrogens is 829 g/mol. The van der Waals surface area contributed by atoms with Gasteiger partial charge in [-0.15, -0.1) is 28.6 Å². The van der Waals surface area contributed by atoms with E-state index in [9.17, 15) is 25.5 Å². The van der Waals surface area contributed by atoms with Gasteiger partial charge in [0, 0.05) is 46.2 Å². The summed E-state index contributed by atoms with van der Waals surface area (Å²) in [4.78, 5) is 23.3. The fraction of sp³-hybridized carbons (Fsp3) is 0.451. The highest BCUT2D eigenvalue weighted by Crippen LogP contribution is 2.62. The number of phenolic OH excluding ortho intramolecular Hbond substituents is 1. The van der Waals surface area contributed by atoms with Gasteiger partial charge in [-0.3, -0.25) is 9.79 Å². The lowest BCUT2D eigenvalue weighted by molar-refractivity contribution is 0.00441. The van der Waals surface area contributed by atoms with Crippen LogP contribution in [0, 0.1) is 58.7 Å². The number of aliphatic hydroxyl groups excluding tert-OH is 3. The molecule has 9 bridgehead atoms. The summed E-state index contributed by atoms with van der Waals surface area (Å²) >= 11 is 3.14. The molecule has 3 aliphatic carbocycles. The van der Waals surface area contributed by atoms with Gasteiger partial charge in [-0.1, -0.05) is 54.2 Å². The molecule has 0 saturated heterocycles. The van der Waals surface area contributed by atoms with E-state index in [0.29, 0.717) is 60.2 Å². The van der Waals surface area contributed by atoms with E-state index in [1.165, 1.54) is 11.3 Å². The second-order valence-corrected chi connectivity index (χ2v) is 20.7. The molecule has 2 aromatic heterocycles. The number of thiophene rings is 2. The Balaban J connectivity index is 1.22. The Morgan fingerprint density at radius 2 is 1.89 bits per heavy atom. The molecule has 5 aliphatic rings. The first-order valence-electron chi connectivity index (χ1n) is 22.1. The zero-order chi connectivity index (χ0) is 44.2. The number of nitrogens with two attached hydrogens (primary N) is 1. The number of guanidine groups is 1. The van der Waals surface area contributed by atoms with Gasteiger partial charge in [0.25, 0.3) is 0 Å². The van der Waals surface area contributed by atoms with Crippen molar-refractivity contribution in [3.05, 3.63) is 98.2 Å². The molecule has 2 aromatic carbocycles. The number of carbonyl (C=O) groups is 1. The average molecular weight is 885 g/mol. The zero-order valence-corrected chi connectivity index (χ0v) is 37.5. The Morgan fingerprint density at radius 1 is 1.08 bits per heavy atom. The molecule has 0 amide bonds. The Bertz CT molecular complexity index is 2610. The third-order valence-electron chi connectivity index (χ3n) is 15.0. The number of Topliss-reactive ketones (excluding diaryl/α,β-unsaturated/α-hetero) is 1. The normalized spacial score (nSPS) is 31.1. The van der Waals surface area contributed by atoms with E-state index in [1.807, 2.05) is 61.5 Å². The van der Waals surface area contributed by atoms with Crippen LogP contribution in [-0.2, 0) is 12.8 Å². The SMILES string of the molecule is CC#Cc1ccc(-c2ccc(C(=O)C3CCC4CC35CC(C(O)CO)C(C5)C3C#Cc5c(cc(O)c6c5NC(C=C6)C(C)(O)C(CO)c5cccc(c5)C3)CC4NC(N)=NC)s2)s1. The summed E-state index contributed by atoms with van der Waals surface area (Å²) in [5.41, 5.74) is 8.92. The van der Waals surface area contributed by atoms with Crippen LogP contribution in [-0.4, -0.2) is 81.3 Å². The number of benzene rings is 2. The van der Waals surface area contributed by atoms with Crippen LogP contribution >= 0.6 is 22.7 Å². The largest absolute Gasteiger partial charge is 0.507 e. The summed E-state index contributed by atoms with van der Waals surface area (Å²) in [5, 5.41) is 64.7. The molecule has 63 heavy (non-hydrogen) atoms. The number of rotatable bonds is 7. The van der Waals surface area contributed by atoms with Crippen LogP contribution in [0.4, 0.5) is 5.69 Å². The highest BCUT2D eigenvalue weighted by Gasteiger charge is 2.58. The standard InChI is InChI=1S/C51H56N4O6S2/c1-4-6-33-11-15-43(62-33)44-16-17-45(63-44)48(60)38-14-10-31-23-51(38)24-36(37(25-51)42(59)27-57)29-9-12-34-32(21-40(31)54-49(52)53-3)22-41(58)35-13-18-46(55-47(34)35)50(2,61)39(26-56)30-8-5-7-28(19-29)20-30/h5,7-8,11,13,15-18,20,22,29,31,36-40,42,46,55-59,61H,10,14,19,21,23-27H2,1-3H3,(H3,52,53,54). The fourth-order valence-electron chi connectivity index (χ4n) is 11.8. The van der Waals surface area contributed by atoms with Crippen LogP contribution in [0.3, 0.4) is 0 Å². The summed E-state index contributed by atoms with van der Waals surface area (Å²) in [6.45, 7) is 2.84. The number of ketones is 1. The van der Waals surface area contributed by atoms with E-state index >= 15 is 4.79 Å². The second kappa shape index (κ2) is 17.2. The van der Waals surface area contributed by atoms with Crippen LogP contribution in [0.25, 0.3) is 15.8 Å².